The van der Waals surface area contributed by atoms with Gasteiger partial charge in [0.05, 0.1) is 22.9 Å². The van der Waals surface area contributed by atoms with Gasteiger partial charge in [0.15, 0.2) is 0 Å². The van der Waals surface area contributed by atoms with Crippen LogP contribution in [0.5, 0.6) is 0 Å². The Morgan fingerprint density at radius 2 is 1.60 bits per heavy atom. The molecule has 2 bridgehead atoms. The van der Waals surface area contributed by atoms with E-state index in [0.29, 0.717) is 30.7 Å². The molecule has 1 amide bonds. The van der Waals surface area contributed by atoms with Crippen LogP contribution in [0.1, 0.15) is 50.7 Å². The number of benzene rings is 2. The van der Waals surface area contributed by atoms with Crippen LogP contribution >= 0.6 is 0 Å². The van der Waals surface area contributed by atoms with Crippen molar-refractivity contribution in [2.75, 3.05) is 6.54 Å². The number of aliphatic imine (C=N–C) groups is 1. The van der Waals surface area contributed by atoms with E-state index in [4.69, 9.17) is 0 Å². The standard InChI is InChI=1S/C28H29F7N4O3S/c1-17-24(2,23(40)36-12-11-27(30,31)32)38-22(37-17)25-14-26(15-25,16-25)39(43(41,42)21-9-7-20(29)8-10-21)13-18-3-5-19(6-4-18)28(33,34)35/h3-10,17H,11-16H2,1-2H3,(H,36,40)(H,37,38)/t17?,24-,25?,26?/m1/s1. The highest BCUT2D eigenvalue weighted by Gasteiger charge is 2.75. The molecule has 1 aliphatic heterocycles. The van der Waals surface area contributed by atoms with Crippen LogP contribution in [0, 0.1) is 11.2 Å². The molecule has 2 atom stereocenters. The monoisotopic (exact) mass is 634 g/mol. The molecule has 2 aromatic carbocycles. The van der Waals surface area contributed by atoms with Crippen molar-refractivity contribution < 1.29 is 43.9 Å². The second-order valence-corrected chi connectivity index (χ2v) is 13.7. The van der Waals surface area contributed by atoms with Gasteiger partial charge in [-0.05, 0) is 75.1 Å². The van der Waals surface area contributed by atoms with Crippen molar-refractivity contribution in [1.29, 1.82) is 0 Å². The maximum Gasteiger partial charge on any atom is 0.416 e. The largest absolute Gasteiger partial charge is 0.416 e. The van der Waals surface area contributed by atoms with Gasteiger partial charge in [0, 0.05) is 24.0 Å². The fourth-order valence-corrected chi connectivity index (χ4v) is 7.94. The smallest absolute Gasteiger partial charge is 0.358 e. The number of carbonyl (C=O) groups excluding carboxylic acids is 1. The number of hydrogen-bond acceptors (Lipinski definition) is 5. The first-order chi connectivity index (χ1) is 19.8. The fourth-order valence-electron chi connectivity index (χ4n) is 6.18. The highest BCUT2D eigenvalue weighted by atomic mass is 32.2. The van der Waals surface area contributed by atoms with E-state index >= 15 is 0 Å². The molecule has 0 spiro atoms. The molecule has 1 unspecified atom stereocenters. The first kappa shape index (κ1) is 31.2. The summed E-state index contributed by atoms with van der Waals surface area (Å²) in [5.74, 6) is -0.821. The molecule has 2 N–H and O–H groups in total. The van der Waals surface area contributed by atoms with E-state index in [-0.39, 0.29) is 11.4 Å². The van der Waals surface area contributed by atoms with Gasteiger partial charge in [-0.15, -0.1) is 0 Å². The number of alkyl halides is 6. The fraction of sp³-hybridized carbons (Fsp3) is 0.500. The van der Waals surface area contributed by atoms with Crippen LogP contribution < -0.4 is 10.6 Å². The minimum Gasteiger partial charge on any atom is -0.358 e. The lowest BCUT2D eigenvalue weighted by Gasteiger charge is -2.73. The van der Waals surface area contributed by atoms with Gasteiger partial charge in [0.2, 0.25) is 15.9 Å². The Balaban J connectivity index is 1.35. The number of hydrogen-bond donors (Lipinski definition) is 2. The maximum atomic E-state index is 13.8. The number of nitrogens with one attached hydrogen (secondary N) is 2. The van der Waals surface area contributed by atoms with Gasteiger partial charge >= 0.3 is 12.4 Å². The van der Waals surface area contributed by atoms with Crippen LogP contribution in [0.4, 0.5) is 30.7 Å². The van der Waals surface area contributed by atoms with Crippen LogP contribution in [-0.2, 0) is 27.5 Å². The van der Waals surface area contributed by atoms with E-state index in [0.717, 1.165) is 36.4 Å². The van der Waals surface area contributed by atoms with Crippen molar-refractivity contribution in [2.24, 2.45) is 10.4 Å². The summed E-state index contributed by atoms with van der Waals surface area (Å²) in [6.45, 7) is 2.37. The topological polar surface area (TPSA) is 90.9 Å². The quantitative estimate of drug-likeness (QED) is 0.373. The van der Waals surface area contributed by atoms with Crippen molar-refractivity contribution in [2.45, 2.75) is 80.4 Å². The predicted octanol–water partition coefficient (Wildman–Crippen LogP) is 5.18. The van der Waals surface area contributed by atoms with E-state index in [1.807, 2.05) is 0 Å². The van der Waals surface area contributed by atoms with E-state index in [9.17, 15) is 43.9 Å². The molecule has 43 heavy (non-hydrogen) atoms. The highest BCUT2D eigenvalue weighted by Crippen LogP contribution is 2.71. The van der Waals surface area contributed by atoms with Gasteiger partial charge in [0.25, 0.3) is 0 Å². The molecule has 0 saturated heterocycles. The molecule has 2 aromatic rings. The Morgan fingerprint density at radius 1 is 1.02 bits per heavy atom. The number of halogens is 7. The van der Waals surface area contributed by atoms with Gasteiger partial charge in [-0.2, -0.15) is 30.6 Å². The van der Waals surface area contributed by atoms with Crippen molar-refractivity contribution in [3.05, 3.63) is 65.5 Å². The molecule has 0 aromatic heterocycles. The first-order valence-electron chi connectivity index (χ1n) is 13.5. The van der Waals surface area contributed by atoms with Crippen molar-refractivity contribution in [1.82, 2.24) is 14.9 Å². The molecule has 3 saturated carbocycles. The van der Waals surface area contributed by atoms with Crippen LogP contribution in [0.15, 0.2) is 58.4 Å². The molecular formula is C28H29F7N4O3S. The van der Waals surface area contributed by atoms with E-state index < -0.39 is 75.2 Å². The van der Waals surface area contributed by atoms with E-state index in [2.05, 4.69) is 15.6 Å². The molecule has 15 heteroatoms. The average Bonchev–Trinajstić information content (AvgIpc) is 3.16. The summed E-state index contributed by atoms with van der Waals surface area (Å²) in [4.78, 5) is 17.3. The third-order valence-electron chi connectivity index (χ3n) is 8.74. The Kier molecular flexibility index (Phi) is 7.39. The zero-order valence-electron chi connectivity index (χ0n) is 23.1. The van der Waals surface area contributed by atoms with Gasteiger partial charge in [-0.1, -0.05) is 12.1 Å². The summed E-state index contributed by atoms with van der Waals surface area (Å²) < 4.78 is 119. The van der Waals surface area contributed by atoms with Gasteiger partial charge < -0.3 is 10.6 Å². The lowest BCUT2D eigenvalue weighted by molar-refractivity contribution is -0.151. The van der Waals surface area contributed by atoms with E-state index in [1.165, 1.54) is 23.4 Å². The maximum absolute atomic E-state index is 13.8. The number of carbonyl (C=O) groups is 1. The summed E-state index contributed by atoms with van der Waals surface area (Å²) in [7, 11) is -4.23. The molecule has 0 radical (unpaired) electrons. The predicted molar refractivity (Wildman–Crippen MR) is 142 cm³/mol. The van der Waals surface area contributed by atoms with Crippen molar-refractivity contribution in [3.8, 4) is 0 Å². The molecule has 4 aliphatic rings. The molecule has 3 fully saturated rings. The minimum atomic E-state index is -4.56. The normalized spacial score (nSPS) is 28.5. The van der Waals surface area contributed by atoms with Gasteiger partial charge in [-0.25, -0.2) is 12.8 Å². The Hall–Kier alpha value is -3.20. The Labute approximate surface area is 243 Å². The molecule has 234 valence electrons. The lowest BCUT2D eigenvalue weighted by atomic mass is 9.38. The summed E-state index contributed by atoms with van der Waals surface area (Å²) in [5.41, 5.74) is -3.38. The first-order valence-corrected chi connectivity index (χ1v) is 14.9. The second-order valence-electron chi connectivity index (χ2n) is 11.8. The van der Waals surface area contributed by atoms with Crippen molar-refractivity contribution in [3.63, 3.8) is 0 Å². The van der Waals surface area contributed by atoms with Gasteiger partial charge in [-0.3, -0.25) is 9.79 Å². The summed E-state index contributed by atoms with van der Waals surface area (Å²) in [6.07, 6.45) is -9.28. The zero-order valence-corrected chi connectivity index (χ0v) is 23.9. The molecular weight excluding hydrogens is 605 g/mol. The average molecular weight is 635 g/mol. The Bertz CT molecular complexity index is 1520. The Morgan fingerprint density at radius 3 is 2.14 bits per heavy atom. The SMILES string of the molecule is CC1N=C(C23CC(N(Cc4ccc(C(F)(F)F)cc4)S(=O)(=O)c4ccc(F)cc4)(C2)C3)N[C@@]1(C)C(=O)NCCC(F)(F)F. The zero-order chi connectivity index (χ0) is 31.6. The highest BCUT2D eigenvalue weighted by molar-refractivity contribution is 7.89. The van der Waals surface area contributed by atoms with E-state index in [1.54, 1.807) is 6.92 Å². The third kappa shape index (κ3) is 5.61. The van der Waals surface area contributed by atoms with Crippen LogP contribution in [0.2, 0.25) is 0 Å². The summed E-state index contributed by atoms with van der Waals surface area (Å²) >= 11 is 0. The number of nitrogens with zero attached hydrogens (tertiary/aromatic N) is 2. The van der Waals surface area contributed by atoms with Gasteiger partial charge in [0.1, 0.15) is 17.2 Å². The lowest BCUT2D eigenvalue weighted by Crippen LogP contribution is -2.79. The third-order valence-corrected chi connectivity index (χ3v) is 10.7. The number of rotatable bonds is 9. The van der Waals surface area contributed by atoms with Crippen LogP contribution in [0.25, 0.3) is 0 Å². The molecule has 1 heterocycles. The number of sulfonamides is 1. The minimum absolute atomic E-state index is 0.173. The summed E-state index contributed by atoms with van der Waals surface area (Å²) in [5, 5.41) is 5.39. The molecule has 6 rings (SSSR count). The molecule has 3 aliphatic carbocycles. The van der Waals surface area contributed by atoms with Crippen LogP contribution in [0.3, 0.4) is 0 Å². The number of amidine groups is 1. The number of amides is 1. The second kappa shape index (κ2) is 10.2. The molecule has 7 nitrogen and oxygen atoms in total. The van der Waals surface area contributed by atoms with Crippen LogP contribution in [-0.4, -0.2) is 54.3 Å². The van der Waals surface area contributed by atoms with Crippen molar-refractivity contribution >= 4 is 21.8 Å². The summed E-state index contributed by atoms with van der Waals surface area (Å²) in [6, 6.07) is 7.82.